The molecule has 1 aromatic rings. The second kappa shape index (κ2) is 7.09. The number of halogens is 5. The van der Waals surface area contributed by atoms with E-state index in [4.69, 9.17) is 11.6 Å². The van der Waals surface area contributed by atoms with Crippen LogP contribution in [0.2, 0.25) is 5.02 Å². The molecule has 10 heteroatoms. The van der Waals surface area contributed by atoms with Gasteiger partial charge in [0.2, 0.25) is 5.91 Å². The second-order valence-electron chi connectivity index (χ2n) is 7.94. The van der Waals surface area contributed by atoms with Gasteiger partial charge in [-0.25, -0.2) is 9.18 Å². The molecule has 3 rings (SSSR count). The minimum atomic E-state index is -4.46. The van der Waals surface area contributed by atoms with Gasteiger partial charge in [0, 0.05) is 6.54 Å². The summed E-state index contributed by atoms with van der Waals surface area (Å²) in [6.07, 6.45) is -4.24. The number of nitrogens with one attached hydrogen (secondary N) is 3. The normalized spacial score (nSPS) is 27.4. The highest BCUT2D eigenvalue weighted by atomic mass is 35.5. The summed E-state index contributed by atoms with van der Waals surface area (Å²) >= 11 is 5.81. The van der Waals surface area contributed by atoms with E-state index < -0.39 is 53.3 Å². The number of amides is 3. The van der Waals surface area contributed by atoms with E-state index in [2.05, 4.69) is 16.0 Å². The van der Waals surface area contributed by atoms with Crippen LogP contribution in [0.5, 0.6) is 0 Å². The summed E-state index contributed by atoms with van der Waals surface area (Å²) in [5.41, 5.74) is -0.703. The Morgan fingerprint density at radius 1 is 1.36 bits per heavy atom. The fourth-order valence-corrected chi connectivity index (χ4v) is 4.47. The van der Waals surface area contributed by atoms with Gasteiger partial charge in [0.25, 0.3) is 0 Å². The molecule has 3 N–H and O–H groups in total. The minimum absolute atomic E-state index is 0.0282. The maximum absolute atomic E-state index is 13.7. The minimum Gasteiger partial charge on any atom is -0.347 e. The molecule has 154 valence electrons. The summed E-state index contributed by atoms with van der Waals surface area (Å²) in [4.78, 5) is 23.8. The van der Waals surface area contributed by atoms with Gasteiger partial charge in [0.05, 0.1) is 17.0 Å². The number of benzene rings is 1. The van der Waals surface area contributed by atoms with Crippen LogP contribution in [0.3, 0.4) is 0 Å². The number of rotatable bonds is 4. The number of hydrogen-bond acceptors (Lipinski definition) is 2. The molecule has 1 saturated heterocycles. The van der Waals surface area contributed by atoms with Gasteiger partial charge in [-0.2, -0.15) is 13.2 Å². The molecule has 1 aromatic carbocycles. The molecule has 2 aliphatic rings. The molecular formula is C18H20ClF4N3O2. The zero-order valence-electron chi connectivity index (χ0n) is 15.2. The molecular weight excluding hydrogens is 402 g/mol. The van der Waals surface area contributed by atoms with Crippen molar-refractivity contribution < 1.29 is 27.2 Å². The third-order valence-electron chi connectivity index (χ3n) is 5.50. The van der Waals surface area contributed by atoms with E-state index in [1.54, 1.807) is 0 Å². The molecule has 0 spiro atoms. The molecule has 2 fully saturated rings. The summed E-state index contributed by atoms with van der Waals surface area (Å²) in [6, 6.07) is 1.15. The molecule has 0 aromatic heterocycles. The SMILES string of the molecule is CC1(C)CC(C(NC(=O)C2CNC(=O)N2)c2ccc(F)c(Cl)c2)C1C(F)(F)F. The second-order valence-corrected chi connectivity index (χ2v) is 8.35. The Balaban J connectivity index is 1.91. The Labute approximate surface area is 164 Å². The summed E-state index contributed by atoms with van der Waals surface area (Å²) in [6.45, 7) is 3.08. The highest BCUT2D eigenvalue weighted by Crippen LogP contribution is 2.61. The van der Waals surface area contributed by atoms with E-state index >= 15 is 0 Å². The Bertz CT molecular complexity index is 789. The lowest BCUT2D eigenvalue weighted by molar-refractivity contribution is -0.263. The van der Waals surface area contributed by atoms with Crippen molar-refractivity contribution in [2.45, 2.75) is 38.5 Å². The molecule has 0 bridgehead atoms. The van der Waals surface area contributed by atoms with Gasteiger partial charge in [0.15, 0.2) is 0 Å². The van der Waals surface area contributed by atoms with E-state index in [0.717, 1.165) is 6.07 Å². The van der Waals surface area contributed by atoms with Crippen LogP contribution in [0.4, 0.5) is 22.4 Å². The molecule has 4 atom stereocenters. The number of carbonyl (C=O) groups excluding carboxylic acids is 2. The summed E-state index contributed by atoms with van der Waals surface area (Å²) in [5, 5.41) is 7.18. The van der Waals surface area contributed by atoms with E-state index in [1.807, 2.05) is 0 Å². The molecule has 1 aliphatic heterocycles. The van der Waals surface area contributed by atoms with Gasteiger partial charge in [-0.15, -0.1) is 0 Å². The van der Waals surface area contributed by atoms with Gasteiger partial charge in [0.1, 0.15) is 11.9 Å². The summed E-state index contributed by atoms with van der Waals surface area (Å²) in [5.74, 6) is -3.91. The standard InChI is InChI=1S/C18H20ClF4N3O2/c1-17(2)6-9(14(17)18(21,22)23)13(8-3-4-11(20)10(19)5-8)26-15(27)12-7-24-16(28)25-12/h3-5,9,12-14H,6-7H2,1-2H3,(H,26,27)(H2,24,25,28). The van der Waals surface area contributed by atoms with Crippen LogP contribution in [0.1, 0.15) is 31.9 Å². The van der Waals surface area contributed by atoms with Crippen LogP contribution in [-0.2, 0) is 4.79 Å². The van der Waals surface area contributed by atoms with Crippen LogP contribution < -0.4 is 16.0 Å². The lowest BCUT2D eigenvalue weighted by atomic mass is 9.52. The van der Waals surface area contributed by atoms with E-state index in [-0.39, 0.29) is 23.6 Å². The largest absolute Gasteiger partial charge is 0.392 e. The zero-order valence-corrected chi connectivity index (χ0v) is 15.9. The van der Waals surface area contributed by atoms with Gasteiger partial charge < -0.3 is 16.0 Å². The zero-order chi connectivity index (χ0) is 20.9. The fourth-order valence-electron chi connectivity index (χ4n) is 4.28. The topological polar surface area (TPSA) is 70.2 Å². The van der Waals surface area contributed by atoms with E-state index in [9.17, 15) is 27.2 Å². The predicted octanol–water partition coefficient (Wildman–Crippen LogP) is 3.54. The number of carbonyl (C=O) groups is 2. The number of hydrogen-bond donors (Lipinski definition) is 3. The number of alkyl halides is 3. The highest BCUT2D eigenvalue weighted by molar-refractivity contribution is 6.30. The Morgan fingerprint density at radius 3 is 2.54 bits per heavy atom. The van der Waals surface area contributed by atoms with Crippen molar-refractivity contribution in [3.63, 3.8) is 0 Å². The lowest BCUT2D eigenvalue weighted by Gasteiger charge is -2.54. The van der Waals surface area contributed by atoms with Gasteiger partial charge >= 0.3 is 12.2 Å². The average Bonchev–Trinajstić information content (AvgIpc) is 2.98. The fraction of sp³-hybridized carbons (Fsp3) is 0.556. The molecule has 0 radical (unpaired) electrons. The summed E-state index contributed by atoms with van der Waals surface area (Å²) in [7, 11) is 0. The first-order valence-electron chi connectivity index (χ1n) is 8.76. The van der Waals surface area contributed by atoms with Crippen LogP contribution in [-0.4, -0.2) is 30.7 Å². The Kier molecular flexibility index (Phi) is 5.24. The molecule has 1 aliphatic carbocycles. The third-order valence-corrected chi connectivity index (χ3v) is 5.79. The van der Waals surface area contributed by atoms with Crippen LogP contribution in [0.25, 0.3) is 0 Å². The molecule has 1 heterocycles. The monoisotopic (exact) mass is 421 g/mol. The molecule has 5 nitrogen and oxygen atoms in total. The van der Waals surface area contributed by atoms with E-state index in [0.29, 0.717) is 0 Å². The van der Waals surface area contributed by atoms with E-state index in [1.165, 1.54) is 26.0 Å². The molecule has 4 unspecified atom stereocenters. The first kappa shape index (κ1) is 20.7. The van der Waals surface area contributed by atoms with Crippen LogP contribution in [0.15, 0.2) is 18.2 Å². The first-order valence-corrected chi connectivity index (χ1v) is 9.14. The quantitative estimate of drug-likeness (QED) is 0.651. The van der Waals surface area contributed by atoms with Crippen LogP contribution >= 0.6 is 11.6 Å². The van der Waals surface area contributed by atoms with Crippen molar-refractivity contribution >= 4 is 23.5 Å². The van der Waals surface area contributed by atoms with Gasteiger partial charge in [-0.3, -0.25) is 4.79 Å². The average molecular weight is 422 g/mol. The molecule has 3 amide bonds. The third kappa shape index (κ3) is 3.90. The predicted molar refractivity (Wildman–Crippen MR) is 94.0 cm³/mol. The smallest absolute Gasteiger partial charge is 0.347 e. The van der Waals surface area contributed by atoms with Crippen molar-refractivity contribution in [2.24, 2.45) is 17.3 Å². The Hall–Kier alpha value is -2.03. The maximum Gasteiger partial charge on any atom is 0.392 e. The Morgan fingerprint density at radius 2 is 2.04 bits per heavy atom. The van der Waals surface area contributed by atoms with Crippen molar-refractivity contribution in [3.8, 4) is 0 Å². The highest BCUT2D eigenvalue weighted by Gasteiger charge is 2.62. The maximum atomic E-state index is 13.7. The van der Waals surface area contributed by atoms with Crippen molar-refractivity contribution in [2.75, 3.05) is 6.54 Å². The van der Waals surface area contributed by atoms with Crippen molar-refractivity contribution in [3.05, 3.63) is 34.6 Å². The van der Waals surface area contributed by atoms with Crippen LogP contribution in [0, 0.1) is 23.1 Å². The van der Waals surface area contributed by atoms with Crippen molar-refractivity contribution in [1.29, 1.82) is 0 Å². The van der Waals surface area contributed by atoms with Gasteiger partial charge in [-0.1, -0.05) is 31.5 Å². The number of urea groups is 1. The summed E-state index contributed by atoms with van der Waals surface area (Å²) < 4.78 is 54.6. The molecule has 28 heavy (non-hydrogen) atoms. The molecule has 1 saturated carbocycles. The van der Waals surface area contributed by atoms with Crippen molar-refractivity contribution in [1.82, 2.24) is 16.0 Å². The van der Waals surface area contributed by atoms with Gasteiger partial charge in [-0.05, 0) is 35.4 Å². The first-order chi connectivity index (χ1) is 12.9. The lowest BCUT2D eigenvalue weighted by Crippen LogP contribution is -2.57.